The molecular formula is C4H8F2NO4S2-. The van der Waals surface area contributed by atoms with Crippen LogP contribution in [0.25, 0.3) is 4.13 Å². The fraction of sp³-hybridized carbons (Fsp3) is 1.00. The van der Waals surface area contributed by atoms with Crippen molar-refractivity contribution in [2.24, 2.45) is 0 Å². The van der Waals surface area contributed by atoms with Gasteiger partial charge in [0.2, 0.25) is 10.4 Å². The number of unbranched alkanes of at least 4 members (excludes halogenated alkanes) is 1. The third kappa shape index (κ3) is 8.06. The van der Waals surface area contributed by atoms with Crippen molar-refractivity contribution in [3.05, 3.63) is 4.13 Å². The molecule has 0 aliphatic carbocycles. The fourth-order valence-electron chi connectivity index (χ4n) is 0.552. The highest BCUT2D eigenvalue weighted by atomic mass is 32.3. The van der Waals surface area contributed by atoms with Gasteiger partial charge in [0.25, 0.3) is 0 Å². The first-order valence-electron chi connectivity index (χ1n) is 3.24. The first kappa shape index (κ1) is 12.7. The van der Waals surface area contributed by atoms with E-state index in [9.17, 15) is 25.1 Å². The molecule has 0 aromatic heterocycles. The Morgan fingerprint density at radius 3 is 2.00 bits per heavy atom. The molecule has 0 spiro atoms. The summed E-state index contributed by atoms with van der Waals surface area (Å²) in [4.78, 5) is 0. The molecule has 0 bridgehead atoms. The van der Waals surface area contributed by atoms with Crippen LogP contribution in [0.1, 0.15) is 12.8 Å². The summed E-state index contributed by atoms with van der Waals surface area (Å²) >= 11 is 0. The first-order chi connectivity index (χ1) is 5.77. The van der Waals surface area contributed by atoms with Crippen molar-refractivity contribution in [1.82, 2.24) is 0 Å². The van der Waals surface area contributed by atoms with Gasteiger partial charge in [0.15, 0.2) is 0 Å². The summed E-state index contributed by atoms with van der Waals surface area (Å²) in [7, 11) is -9.69. The topological polar surface area (TPSA) is 82.4 Å². The van der Waals surface area contributed by atoms with E-state index in [4.69, 9.17) is 0 Å². The summed E-state index contributed by atoms with van der Waals surface area (Å²) in [6, 6.07) is 0. The Bertz CT molecular complexity index is 335. The van der Waals surface area contributed by atoms with Crippen molar-refractivity contribution < 1.29 is 25.1 Å². The Morgan fingerprint density at radius 1 is 1.08 bits per heavy atom. The molecule has 13 heavy (non-hydrogen) atoms. The molecule has 0 fully saturated rings. The van der Waals surface area contributed by atoms with Crippen LogP contribution < -0.4 is 0 Å². The number of rotatable bonds is 6. The van der Waals surface area contributed by atoms with E-state index in [0.29, 0.717) is 0 Å². The van der Waals surface area contributed by atoms with Gasteiger partial charge in [0.1, 0.15) is 0 Å². The van der Waals surface area contributed by atoms with E-state index in [0.717, 1.165) is 0 Å². The lowest BCUT2D eigenvalue weighted by molar-refractivity contribution is 0.468. The van der Waals surface area contributed by atoms with Crippen molar-refractivity contribution >= 4 is 20.4 Å². The Labute approximate surface area is 75.5 Å². The minimum atomic E-state index is -5.38. The summed E-state index contributed by atoms with van der Waals surface area (Å²) in [5.41, 5.74) is 0. The van der Waals surface area contributed by atoms with Gasteiger partial charge in [-0.15, -0.1) is 3.89 Å². The summed E-state index contributed by atoms with van der Waals surface area (Å²) in [5, 5.41) is 0. The van der Waals surface area contributed by atoms with Crippen molar-refractivity contribution in [2.45, 2.75) is 12.8 Å². The second kappa shape index (κ2) is 4.82. The van der Waals surface area contributed by atoms with Crippen LogP contribution in [-0.2, 0) is 20.4 Å². The normalized spacial score (nSPS) is 13.1. The van der Waals surface area contributed by atoms with Crippen LogP contribution in [0.4, 0.5) is 8.28 Å². The highest BCUT2D eigenvalue weighted by Crippen LogP contribution is 2.13. The zero-order valence-electron chi connectivity index (χ0n) is 6.48. The second-order valence-electron chi connectivity index (χ2n) is 2.17. The van der Waals surface area contributed by atoms with Gasteiger partial charge in [-0.3, -0.25) is 4.39 Å². The average molecular weight is 236 g/mol. The monoisotopic (exact) mass is 236 g/mol. The molecule has 0 amide bonds. The highest BCUT2D eigenvalue weighted by molar-refractivity contribution is 8.10. The van der Waals surface area contributed by atoms with Crippen LogP contribution in [0.2, 0.25) is 0 Å². The first-order valence-corrected chi connectivity index (χ1v) is 6.19. The molecule has 9 heteroatoms. The molecule has 5 nitrogen and oxygen atoms in total. The third-order valence-electron chi connectivity index (χ3n) is 0.989. The van der Waals surface area contributed by atoms with E-state index in [-0.39, 0.29) is 12.8 Å². The van der Waals surface area contributed by atoms with E-state index in [2.05, 4.69) is 0 Å². The number of nitrogens with zero attached hydrogens (tertiary/aromatic N) is 1. The Morgan fingerprint density at radius 2 is 1.62 bits per heavy atom. The summed E-state index contributed by atoms with van der Waals surface area (Å²) in [5.74, 6) is -0.667. The fourth-order valence-corrected chi connectivity index (χ4v) is 2.50. The van der Waals surface area contributed by atoms with Gasteiger partial charge >= 0.3 is 0 Å². The van der Waals surface area contributed by atoms with Crippen LogP contribution in [0.3, 0.4) is 0 Å². The van der Waals surface area contributed by atoms with Gasteiger partial charge in [-0.1, -0.05) is 0 Å². The summed E-state index contributed by atoms with van der Waals surface area (Å²) < 4.78 is 66.0. The minimum absolute atomic E-state index is 0.0267. The van der Waals surface area contributed by atoms with Gasteiger partial charge in [0, 0.05) is 5.75 Å². The maximum Gasteiger partial charge on any atom is 0.239 e. The molecule has 0 saturated heterocycles. The molecule has 80 valence electrons. The van der Waals surface area contributed by atoms with Gasteiger partial charge in [-0.05, 0) is 12.8 Å². The van der Waals surface area contributed by atoms with Crippen LogP contribution in [0.5, 0.6) is 0 Å². The van der Waals surface area contributed by atoms with Gasteiger partial charge in [-0.25, -0.2) is 16.8 Å². The highest BCUT2D eigenvalue weighted by Gasteiger charge is 2.05. The molecule has 0 heterocycles. The van der Waals surface area contributed by atoms with Gasteiger partial charge in [0.05, 0.1) is 16.7 Å². The van der Waals surface area contributed by atoms with E-state index >= 15 is 0 Å². The molecule has 0 atom stereocenters. The second-order valence-corrected chi connectivity index (χ2v) is 5.16. The van der Waals surface area contributed by atoms with E-state index in [1.807, 2.05) is 4.13 Å². The Balaban J connectivity index is 4.12. The van der Waals surface area contributed by atoms with Crippen molar-refractivity contribution in [3.63, 3.8) is 0 Å². The third-order valence-corrected chi connectivity index (χ3v) is 3.41. The van der Waals surface area contributed by atoms with Crippen molar-refractivity contribution in [3.8, 4) is 0 Å². The average Bonchev–Trinajstić information content (AvgIpc) is 1.81. The summed E-state index contributed by atoms with van der Waals surface area (Å²) in [6.07, 6.45) is -0.112. The van der Waals surface area contributed by atoms with Crippen LogP contribution in [-0.4, -0.2) is 29.3 Å². The maximum absolute atomic E-state index is 11.7. The molecular weight excluding hydrogens is 228 g/mol. The zero-order chi connectivity index (χ0) is 10.5. The smallest absolute Gasteiger partial charge is 0.239 e. The standard InChI is InChI=1S/C4H8F2NO4S2/c5-3-1-2-4-12(8,9)7-13(6,10)11/h1-4H2/q-1. The van der Waals surface area contributed by atoms with Crippen molar-refractivity contribution in [1.29, 1.82) is 0 Å². The molecule has 0 aliphatic heterocycles. The molecule has 0 rings (SSSR count). The van der Waals surface area contributed by atoms with Gasteiger partial charge in [-0.2, -0.15) is 0 Å². The van der Waals surface area contributed by atoms with Crippen LogP contribution in [0.15, 0.2) is 0 Å². The lowest BCUT2D eigenvalue weighted by atomic mass is 10.4. The number of hydrogen-bond acceptors (Lipinski definition) is 4. The van der Waals surface area contributed by atoms with Gasteiger partial charge < -0.3 is 4.13 Å². The number of sulfonamides is 1. The van der Waals surface area contributed by atoms with Crippen LogP contribution >= 0.6 is 0 Å². The maximum atomic E-state index is 11.7. The number of alkyl halides is 1. The molecule has 0 radical (unpaired) electrons. The van der Waals surface area contributed by atoms with Crippen LogP contribution in [0, 0.1) is 0 Å². The molecule has 0 aliphatic rings. The predicted octanol–water partition coefficient (Wildman–Crippen LogP) is 0.654. The quantitative estimate of drug-likeness (QED) is 0.501. The molecule has 0 N–H and O–H groups in total. The Kier molecular flexibility index (Phi) is 4.71. The molecule has 0 unspecified atom stereocenters. The van der Waals surface area contributed by atoms with E-state index in [1.165, 1.54) is 0 Å². The zero-order valence-corrected chi connectivity index (χ0v) is 8.11. The molecule has 0 saturated carbocycles. The predicted molar refractivity (Wildman–Crippen MR) is 42.4 cm³/mol. The Hall–Kier alpha value is -0.280. The van der Waals surface area contributed by atoms with Crippen molar-refractivity contribution in [2.75, 3.05) is 12.4 Å². The lowest BCUT2D eigenvalue weighted by Crippen LogP contribution is -2.07. The lowest BCUT2D eigenvalue weighted by Gasteiger charge is -2.13. The summed E-state index contributed by atoms with van der Waals surface area (Å²) in [6.45, 7) is -0.710. The van der Waals surface area contributed by atoms with E-state index < -0.39 is 32.9 Å². The largest absolute Gasteiger partial charge is 0.408 e. The van der Waals surface area contributed by atoms with E-state index in [1.54, 1.807) is 0 Å². The molecule has 0 aromatic carbocycles. The SMILES string of the molecule is O=S(=O)(F)[N-]S(=O)(=O)CCCCF. The molecule has 0 aromatic rings. The minimum Gasteiger partial charge on any atom is -0.408 e. The number of halogens is 2. The number of hydrogen-bond donors (Lipinski definition) is 0.